The van der Waals surface area contributed by atoms with Gasteiger partial charge in [-0.3, -0.25) is 19.7 Å². The lowest BCUT2D eigenvalue weighted by Gasteiger charge is -2.30. The number of anilines is 2. The summed E-state index contributed by atoms with van der Waals surface area (Å²) >= 11 is 0.973. The molecule has 1 atom stereocenters. The van der Waals surface area contributed by atoms with Crippen molar-refractivity contribution in [2.75, 3.05) is 16.4 Å². The normalized spacial score (nSPS) is 14.7. The van der Waals surface area contributed by atoms with Gasteiger partial charge < -0.3 is 16.0 Å². The molecule has 4 rings (SSSR count). The number of carbonyl (C=O) groups is 2. The molecule has 1 aliphatic heterocycles. The van der Waals surface area contributed by atoms with E-state index in [1.54, 1.807) is 49.4 Å². The summed E-state index contributed by atoms with van der Waals surface area (Å²) < 4.78 is 15.0. The lowest BCUT2D eigenvalue weighted by Crippen LogP contribution is -2.31. The summed E-state index contributed by atoms with van der Waals surface area (Å²) in [6.07, 6.45) is 0. The first-order chi connectivity index (χ1) is 18.8. The van der Waals surface area contributed by atoms with Gasteiger partial charge in [0.25, 0.3) is 11.6 Å². The molecule has 3 aromatic rings. The van der Waals surface area contributed by atoms with Gasteiger partial charge in [0, 0.05) is 28.6 Å². The average Bonchev–Trinajstić information content (AvgIpc) is 2.92. The van der Waals surface area contributed by atoms with Crippen molar-refractivity contribution in [3.05, 3.63) is 122 Å². The third kappa shape index (κ3) is 6.14. The van der Waals surface area contributed by atoms with Crippen molar-refractivity contribution >= 4 is 40.6 Å². The molecule has 3 N–H and O–H groups in total. The van der Waals surface area contributed by atoms with Crippen LogP contribution in [-0.4, -0.2) is 22.5 Å². The Balaban J connectivity index is 1.64. The van der Waals surface area contributed by atoms with Crippen molar-refractivity contribution in [2.45, 2.75) is 12.8 Å². The highest BCUT2D eigenvalue weighted by Gasteiger charge is 2.36. The molecule has 0 bridgehead atoms. The molecule has 3 aromatic carbocycles. The van der Waals surface area contributed by atoms with Gasteiger partial charge in [0.05, 0.1) is 33.3 Å². The van der Waals surface area contributed by atoms with E-state index in [9.17, 15) is 25.0 Å². The van der Waals surface area contributed by atoms with E-state index in [0.717, 1.165) is 11.8 Å². The van der Waals surface area contributed by atoms with E-state index in [4.69, 9.17) is 0 Å². The number of dihydropyridines is 1. The van der Waals surface area contributed by atoms with Crippen molar-refractivity contribution in [1.29, 1.82) is 5.26 Å². The molecule has 0 saturated heterocycles. The molecule has 1 heterocycles. The van der Waals surface area contributed by atoms with Crippen LogP contribution in [0.1, 0.15) is 18.4 Å². The van der Waals surface area contributed by atoms with Crippen molar-refractivity contribution in [1.82, 2.24) is 5.32 Å². The Morgan fingerprint density at radius 2 is 1.72 bits per heavy atom. The third-order valence-corrected chi connectivity index (χ3v) is 6.88. The minimum atomic E-state index is -1.04. The molecule has 0 saturated carbocycles. The number of nitro groups is 1. The molecule has 0 spiro atoms. The number of hydrogen-bond donors (Lipinski definition) is 3. The summed E-state index contributed by atoms with van der Waals surface area (Å²) in [7, 11) is 0. The Kier molecular flexibility index (Phi) is 8.38. The summed E-state index contributed by atoms with van der Waals surface area (Å²) in [6, 6.07) is 22.5. The summed E-state index contributed by atoms with van der Waals surface area (Å²) in [5.74, 6) is -2.89. The van der Waals surface area contributed by atoms with E-state index in [0.29, 0.717) is 11.4 Å². The molecular formula is C28H22FN5O4S. The number of nitrogens with zero attached hydrogens (tertiary/aromatic N) is 2. The Morgan fingerprint density at radius 1 is 1.05 bits per heavy atom. The van der Waals surface area contributed by atoms with Crippen LogP contribution in [0.2, 0.25) is 0 Å². The molecule has 39 heavy (non-hydrogen) atoms. The van der Waals surface area contributed by atoms with Crippen molar-refractivity contribution in [2.24, 2.45) is 0 Å². The van der Waals surface area contributed by atoms with Gasteiger partial charge in [0.2, 0.25) is 5.91 Å². The fourth-order valence-corrected chi connectivity index (χ4v) is 5.02. The Labute approximate surface area is 227 Å². The number of halogens is 1. The van der Waals surface area contributed by atoms with Crippen molar-refractivity contribution in [3.8, 4) is 6.07 Å². The molecule has 0 unspecified atom stereocenters. The molecule has 2 amide bonds. The largest absolute Gasteiger partial charge is 0.353 e. The van der Waals surface area contributed by atoms with Crippen LogP contribution >= 0.6 is 11.8 Å². The monoisotopic (exact) mass is 543 g/mol. The first kappa shape index (κ1) is 27.1. The summed E-state index contributed by atoms with van der Waals surface area (Å²) in [4.78, 5) is 36.7. The number of para-hydroxylation sites is 3. The number of nitrogens with one attached hydrogen (secondary N) is 3. The number of benzene rings is 3. The maximum absolute atomic E-state index is 15.0. The van der Waals surface area contributed by atoms with E-state index in [-0.39, 0.29) is 38.9 Å². The number of thioether (sulfide) groups is 1. The number of amides is 2. The summed E-state index contributed by atoms with van der Waals surface area (Å²) in [6.45, 7) is 1.63. The first-order valence-electron chi connectivity index (χ1n) is 11.7. The first-order valence-corrected chi connectivity index (χ1v) is 12.7. The molecule has 0 aromatic heterocycles. The minimum Gasteiger partial charge on any atom is -0.353 e. The van der Waals surface area contributed by atoms with Gasteiger partial charge in [-0.15, -0.1) is 0 Å². The van der Waals surface area contributed by atoms with Gasteiger partial charge in [-0.25, -0.2) is 4.39 Å². The van der Waals surface area contributed by atoms with E-state index >= 15 is 4.39 Å². The molecule has 9 nitrogen and oxygen atoms in total. The number of hydrogen-bond acceptors (Lipinski definition) is 7. The average molecular weight is 544 g/mol. The zero-order valence-electron chi connectivity index (χ0n) is 20.6. The predicted octanol–water partition coefficient (Wildman–Crippen LogP) is 5.44. The second-order valence-corrected chi connectivity index (χ2v) is 9.39. The Bertz CT molecular complexity index is 1550. The van der Waals surface area contributed by atoms with Crippen LogP contribution < -0.4 is 16.0 Å². The van der Waals surface area contributed by atoms with Crippen LogP contribution in [0.3, 0.4) is 0 Å². The van der Waals surface area contributed by atoms with Gasteiger partial charge in [-0.1, -0.05) is 60.3 Å². The topological polar surface area (TPSA) is 137 Å². The van der Waals surface area contributed by atoms with Gasteiger partial charge in [0.1, 0.15) is 11.5 Å². The van der Waals surface area contributed by atoms with Gasteiger partial charge in [-0.2, -0.15) is 5.26 Å². The molecule has 196 valence electrons. The van der Waals surface area contributed by atoms with Gasteiger partial charge >= 0.3 is 0 Å². The van der Waals surface area contributed by atoms with Crippen LogP contribution in [0.15, 0.2) is 101 Å². The highest BCUT2D eigenvalue weighted by atomic mass is 32.2. The van der Waals surface area contributed by atoms with Gasteiger partial charge in [-0.05, 0) is 31.2 Å². The fourth-order valence-electron chi connectivity index (χ4n) is 4.13. The van der Waals surface area contributed by atoms with E-state index in [2.05, 4.69) is 22.0 Å². The lowest BCUT2D eigenvalue weighted by atomic mass is 9.82. The zero-order valence-corrected chi connectivity index (χ0v) is 21.4. The number of nitro benzene ring substituents is 1. The quantitative estimate of drug-likeness (QED) is 0.254. The van der Waals surface area contributed by atoms with Crippen molar-refractivity contribution in [3.63, 3.8) is 0 Å². The summed E-state index contributed by atoms with van der Waals surface area (Å²) in [5, 5.41) is 30.0. The molecular weight excluding hydrogens is 521 g/mol. The van der Waals surface area contributed by atoms with E-state index < -0.39 is 28.5 Å². The molecule has 11 heteroatoms. The zero-order chi connectivity index (χ0) is 27.9. The predicted molar refractivity (Wildman–Crippen MR) is 147 cm³/mol. The number of allylic oxidation sites excluding steroid dienone is 2. The summed E-state index contributed by atoms with van der Waals surface area (Å²) in [5.41, 5.74) is 1.06. The minimum absolute atomic E-state index is 0.0411. The molecule has 0 fully saturated rings. The maximum atomic E-state index is 15.0. The van der Waals surface area contributed by atoms with Crippen LogP contribution in [0.4, 0.5) is 21.5 Å². The fraction of sp³-hybridized carbons (Fsp3) is 0.107. The molecule has 0 radical (unpaired) electrons. The van der Waals surface area contributed by atoms with Crippen LogP contribution in [0.5, 0.6) is 0 Å². The van der Waals surface area contributed by atoms with Crippen LogP contribution in [-0.2, 0) is 9.59 Å². The highest BCUT2D eigenvalue weighted by Crippen LogP contribution is 2.41. The standard InChI is InChI=1S/C28H22FN5O4S/c1-17-25(27(36)32-18-9-3-2-4-10-18)26(19-11-5-6-12-21(19)29)20(15-30)28(31-17)39-16-24(35)33-22-13-7-8-14-23(22)34(37)38/h2-14,26,31H,16H2,1H3,(H,32,36)(H,33,35)/t26-/m1/s1. The SMILES string of the molecule is CC1=C(C(=O)Nc2ccccc2)[C@H](c2ccccc2F)C(C#N)=C(SCC(=O)Nc2ccccc2[N+](=O)[O-])N1. The Morgan fingerprint density at radius 3 is 2.41 bits per heavy atom. The Hall–Kier alpha value is -4.95. The van der Waals surface area contributed by atoms with E-state index in [1.165, 1.54) is 36.4 Å². The second-order valence-electron chi connectivity index (χ2n) is 8.40. The number of rotatable bonds is 8. The van der Waals surface area contributed by atoms with E-state index in [1.807, 2.05) is 0 Å². The molecule has 0 aliphatic carbocycles. The third-order valence-electron chi connectivity index (χ3n) is 5.86. The van der Waals surface area contributed by atoms with Crippen LogP contribution in [0, 0.1) is 27.3 Å². The van der Waals surface area contributed by atoms with Crippen LogP contribution in [0.25, 0.3) is 0 Å². The maximum Gasteiger partial charge on any atom is 0.292 e. The lowest BCUT2D eigenvalue weighted by molar-refractivity contribution is -0.383. The van der Waals surface area contributed by atoms with Gasteiger partial charge in [0.15, 0.2) is 0 Å². The smallest absolute Gasteiger partial charge is 0.292 e. The van der Waals surface area contributed by atoms with Crippen molar-refractivity contribution < 1.29 is 18.9 Å². The number of carbonyl (C=O) groups excluding carboxylic acids is 2. The number of nitriles is 1. The molecule has 1 aliphatic rings. The second kappa shape index (κ2) is 12.1. The highest BCUT2D eigenvalue weighted by molar-refractivity contribution is 8.03.